The molecule has 0 heterocycles. The van der Waals surface area contributed by atoms with Crippen LogP contribution in [0.4, 0.5) is 5.69 Å². The molecule has 0 aliphatic carbocycles. The summed E-state index contributed by atoms with van der Waals surface area (Å²) in [7, 11) is 0. The van der Waals surface area contributed by atoms with Crippen LogP contribution in [-0.4, -0.2) is 5.91 Å². The molecule has 0 bridgehead atoms. The topological polar surface area (TPSA) is 29.1 Å². The third-order valence-electron chi connectivity index (χ3n) is 2.94. The maximum atomic E-state index is 11.8. The molecule has 0 radical (unpaired) electrons. The number of nitrogens with one attached hydrogen (secondary N) is 1. The Morgan fingerprint density at radius 2 is 1.80 bits per heavy atom. The van der Waals surface area contributed by atoms with Crippen molar-refractivity contribution >= 4 is 33.6 Å². The van der Waals surface area contributed by atoms with Crippen molar-refractivity contribution in [3.8, 4) is 0 Å². The minimum absolute atomic E-state index is 0.138. The van der Waals surface area contributed by atoms with Crippen molar-refractivity contribution in [2.24, 2.45) is 0 Å². The molecule has 2 nitrogen and oxygen atoms in total. The Morgan fingerprint density at radius 3 is 2.45 bits per heavy atom. The molecule has 0 aromatic heterocycles. The zero-order valence-corrected chi connectivity index (χ0v) is 13.1. The number of hydrogen-bond acceptors (Lipinski definition) is 1. The Kier molecular flexibility index (Phi) is 4.74. The molecule has 2 rings (SSSR count). The summed E-state index contributed by atoms with van der Waals surface area (Å²) in [6.07, 6.45) is 3.34. The smallest absolute Gasteiger partial charge is 0.248 e. The number of carbonyl (C=O) groups excluding carboxylic acids is 1. The van der Waals surface area contributed by atoms with Gasteiger partial charge in [0.05, 0.1) is 0 Å². The molecular formula is C17H16BrNO. The van der Waals surface area contributed by atoms with Gasteiger partial charge in [-0.2, -0.15) is 0 Å². The van der Waals surface area contributed by atoms with Gasteiger partial charge in [-0.05, 0) is 43.2 Å². The Balaban J connectivity index is 2.01. The lowest BCUT2D eigenvalue weighted by Crippen LogP contribution is -2.07. The minimum Gasteiger partial charge on any atom is -0.322 e. The quantitative estimate of drug-likeness (QED) is 0.811. The highest BCUT2D eigenvalue weighted by Gasteiger charge is 2.00. The summed E-state index contributed by atoms with van der Waals surface area (Å²) < 4.78 is 0.984. The van der Waals surface area contributed by atoms with E-state index in [1.165, 1.54) is 5.56 Å². The van der Waals surface area contributed by atoms with Gasteiger partial charge in [0.2, 0.25) is 5.91 Å². The van der Waals surface area contributed by atoms with E-state index >= 15 is 0 Å². The van der Waals surface area contributed by atoms with Gasteiger partial charge >= 0.3 is 0 Å². The molecule has 0 spiro atoms. The lowest BCUT2D eigenvalue weighted by atomic mass is 10.1. The molecule has 0 unspecified atom stereocenters. The maximum Gasteiger partial charge on any atom is 0.248 e. The summed E-state index contributed by atoms with van der Waals surface area (Å²) in [5.74, 6) is -0.138. The van der Waals surface area contributed by atoms with E-state index in [1.807, 2.05) is 56.3 Å². The van der Waals surface area contributed by atoms with Crippen LogP contribution in [0.15, 0.2) is 53.0 Å². The van der Waals surface area contributed by atoms with Crippen molar-refractivity contribution < 1.29 is 4.79 Å². The van der Waals surface area contributed by atoms with Crippen LogP contribution in [0.1, 0.15) is 16.7 Å². The molecule has 0 fully saturated rings. The Hall–Kier alpha value is -1.87. The fourth-order valence-corrected chi connectivity index (χ4v) is 2.08. The number of rotatable bonds is 3. The van der Waals surface area contributed by atoms with E-state index in [4.69, 9.17) is 0 Å². The third-order valence-corrected chi connectivity index (χ3v) is 3.80. The van der Waals surface area contributed by atoms with Crippen LogP contribution >= 0.6 is 15.9 Å². The van der Waals surface area contributed by atoms with Crippen molar-refractivity contribution in [1.29, 1.82) is 0 Å². The van der Waals surface area contributed by atoms with Crippen LogP contribution in [0.2, 0.25) is 0 Å². The number of benzene rings is 2. The maximum absolute atomic E-state index is 11.8. The summed E-state index contributed by atoms with van der Waals surface area (Å²) in [6, 6.07) is 13.8. The second-order valence-corrected chi connectivity index (χ2v) is 5.55. The number of hydrogen-bond donors (Lipinski definition) is 1. The predicted molar refractivity (Wildman–Crippen MR) is 87.7 cm³/mol. The SMILES string of the molecule is Cc1ccc(/C=C/C(=O)Nc2ccc(C)c(Br)c2)cc1. The standard InChI is InChI=1S/C17H16BrNO/c1-12-3-6-14(7-4-12)8-10-17(20)19-15-9-5-13(2)16(18)11-15/h3-11H,1-2H3,(H,19,20)/b10-8+. The van der Waals surface area contributed by atoms with E-state index in [2.05, 4.69) is 21.2 Å². The minimum atomic E-state index is -0.138. The largest absolute Gasteiger partial charge is 0.322 e. The fourth-order valence-electron chi connectivity index (χ4n) is 1.70. The van der Waals surface area contributed by atoms with Gasteiger partial charge in [-0.3, -0.25) is 4.79 Å². The number of anilines is 1. The van der Waals surface area contributed by atoms with Gasteiger partial charge in [-0.1, -0.05) is 51.8 Å². The molecule has 0 aliphatic heterocycles. The molecule has 3 heteroatoms. The van der Waals surface area contributed by atoms with Crippen LogP contribution in [0.25, 0.3) is 6.08 Å². The van der Waals surface area contributed by atoms with Crippen molar-refractivity contribution in [3.05, 3.63) is 69.7 Å². The molecule has 1 N–H and O–H groups in total. The lowest BCUT2D eigenvalue weighted by Gasteiger charge is -2.04. The van der Waals surface area contributed by atoms with Gasteiger partial charge in [0.1, 0.15) is 0 Å². The van der Waals surface area contributed by atoms with E-state index in [1.54, 1.807) is 12.2 Å². The predicted octanol–water partition coefficient (Wildman–Crippen LogP) is 4.72. The van der Waals surface area contributed by atoms with Crippen LogP contribution in [0.5, 0.6) is 0 Å². The molecular weight excluding hydrogens is 314 g/mol. The summed E-state index contributed by atoms with van der Waals surface area (Å²) in [5.41, 5.74) is 4.13. The first-order valence-electron chi connectivity index (χ1n) is 6.36. The van der Waals surface area contributed by atoms with Gasteiger partial charge in [-0.25, -0.2) is 0 Å². The molecule has 0 saturated carbocycles. The Morgan fingerprint density at radius 1 is 1.10 bits per heavy atom. The molecule has 2 aromatic carbocycles. The number of halogens is 1. The van der Waals surface area contributed by atoms with Gasteiger partial charge in [-0.15, -0.1) is 0 Å². The lowest BCUT2D eigenvalue weighted by molar-refractivity contribution is -0.111. The molecule has 2 aromatic rings. The van der Waals surface area contributed by atoms with Crippen molar-refractivity contribution in [3.63, 3.8) is 0 Å². The average Bonchev–Trinajstić information content (AvgIpc) is 2.42. The second-order valence-electron chi connectivity index (χ2n) is 4.70. The monoisotopic (exact) mass is 329 g/mol. The van der Waals surface area contributed by atoms with Gasteiger partial charge < -0.3 is 5.32 Å². The van der Waals surface area contributed by atoms with Crippen molar-refractivity contribution in [2.45, 2.75) is 13.8 Å². The first-order valence-corrected chi connectivity index (χ1v) is 7.16. The van der Waals surface area contributed by atoms with E-state index in [0.29, 0.717) is 0 Å². The highest BCUT2D eigenvalue weighted by atomic mass is 79.9. The van der Waals surface area contributed by atoms with Gasteiger partial charge in [0, 0.05) is 16.2 Å². The van der Waals surface area contributed by atoms with Gasteiger partial charge in [0.15, 0.2) is 0 Å². The van der Waals surface area contributed by atoms with E-state index in [0.717, 1.165) is 21.3 Å². The van der Waals surface area contributed by atoms with Crippen LogP contribution < -0.4 is 5.32 Å². The summed E-state index contributed by atoms with van der Waals surface area (Å²) in [5, 5.41) is 2.84. The van der Waals surface area contributed by atoms with Crippen molar-refractivity contribution in [1.82, 2.24) is 0 Å². The van der Waals surface area contributed by atoms with Crippen LogP contribution in [0.3, 0.4) is 0 Å². The third kappa shape index (κ3) is 4.07. The summed E-state index contributed by atoms with van der Waals surface area (Å²) in [6.45, 7) is 4.04. The normalized spacial score (nSPS) is 10.8. The Labute approximate surface area is 127 Å². The van der Waals surface area contributed by atoms with Crippen molar-refractivity contribution in [2.75, 3.05) is 5.32 Å². The van der Waals surface area contributed by atoms with Crippen LogP contribution in [-0.2, 0) is 4.79 Å². The van der Waals surface area contributed by atoms with Gasteiger partial charge in [0.25, 0.3) is 0 Å². The number of aryl methyl sites for hydroxylation is 2. The highest BCUT2D eigenvalue weighted by molar-refractivity contribution is 9.10. The van der Waals surface area contributed by atoms with Crippen LogP contribution in [0, 0.1) is 13.8 Å². The molecule has 1 amide bonds. The summed E-state index contributed by atoms with van der Waals surface area (Å²) >= 11 is 3.45. The first kappa shape index (κ1) is 14.5. The summed E-state index contributed by atoms with van der Waals surface area (Å²) in [4.78, 5) is 11.8. The average molecular weight is 330 g/mol. The molecule has 0 atom stereocenters. The molecule has 0 aliphatic rings. The molecule has 102 valence electrons. The van der Waals surface area contributed by atoms with E-state index in [-0.39, 0.29) is 5.91 Å². The first-order chi connectivity index (χ1) is 9.54. The van der Waals surface area contributed by atoms with E-state index < -0.39 is 0 Å². The highest BCUT2D eigenvalue weighted by Crippen LogP contribution is 2.20. The zero-order chi connectivity index (χ0) is 14.5. The molecule has 0 saturated heterocycles. The zero-order valence-electron chi connectivity index (χ0n) is 11.5. The Bertz CT molecular complexity index is 645. The number of amides is 1. The fraction of sp³-hybridized carbons (Fsp3) is 0.118. The second kappa shape index (κ2) is 6.53. The number of carbonyl (C=O) groups is 1. The van der Waals surface area contributed by atoms with E-state index in [9.17, 15) is 4.79 Å². The molecule has 20 heavy (non-hydrogen) atoms.